The number of aromatic amines is 1. The van der Waals surface area contributed by atoms with Gasteiger partial charge in [-0.05, 0) is 41.3 Å². The fourth-order valence-electron chi connectivity index (χ4n) is 3.03. The van der Waals surface area contributed by atoms with Crippen LogP contribution >= 0.6 is 0 Å². The van der Waals surface area contributed by atoms with E-state index in [1.54, 1.807) is 0 Å². The van der Waals surface area contributed by atoms with Gasteiger partial charge in [0.25, 0.3) is 0 Å². The van der Waals surface area contributed by atoms with Crippen molar-refractivity contribution in [2.45, 2.75) is 19.9 Å². The highest BCUT2D eigenvalue weighted by Crippen LogP contribution is 2.21. The topological polar surface area (TPSA) is 53.6 Å². The van der Waals surface area contributed by atoms with Crippen LogP contribution in [0.3, 0.4) is 0 Å². The third-order valence-corrected chi connectivity index (χ3v) is 4.52. The lowest BCUT2D eigenvalue weighted by Crippen LogP contribution is -2.03. The zero-order chi connectivity index (χ0) is 17.9. The zero-order valence-electron chi connectivity index (χ0n) is 14.5. The highest BCUT2D eigenvalue weighted by Gasteiger charge is 2.07. The van der Waals surface area contributed by atoms with E-state index in [4.69, 9.17) is 0 Å². The van der Waals surface area contributed by atoms with Crippen molar-refractivity contribution >= 4 is 16.9 Å². The Kier molecular flexibility index (Phi) is 4.35. The Morgan fingerprint density at radius 1 is 1.04 bits per heavy atom. The molecule has 0 atom stereocenters. The molecule has 0 radical (unpaired) electrons. The molecule has 0 unspecified atom stereocenters. The first-order valence-corrected chi connectivity index (χ1v) is 8.54. The minimum absolute atomic E-state index is 0.327. The van der Waals surface area contributed by atoms with E-state index in [1.165, 1.54) is 23.4 Å². The molecule has 26 heavy (non-hydrogen) atoms. The number of hydrogen-bond donors (Lipinski definition) is 2. The van der Waals surface area contributed by atoms with E-state index in [0.29, 0.717) is 12.1 Å². The van der Waals surface area contributed by atoms with Crippen LogP contribution in [0.5, 0.6) is 0 Å². The fourth-order valence-corrected chi connectivity index (χ4v) is 3.03. The molecule has 4 aromatic rings. The third kappa shape index (κ3) is 3.42. The van der Waals surface area contributed by atoms with Crippen molar-refractivity contribution < 1.29 is 4.39 Å². The van der Waals surface area contributed by atoms with Gasteiger partial charge < -0.3 is 10.3 Å². The average molecular weight is 346 g/mol. The summed E-state index contributed by atoms with van der Waals surface area (Å²) in [6.45, 7) is 2.85. The molecule has 0 saturated heterocycles. The predicted molar refractivity (Wildman–Crippen MR) is 102 cm³/mol. The second-order valence-electron chi connectivity index (χ2n) is 6.37. The Labute approximate surface area is 151 Å². The molecule has 0 bridgehead atoms. The van der Waals surface area contributed by atoms with Gasteiger partial charge in [-0.2, -0.15) is 0 Å². The van der Waals surface area contributed by atoms with Crippen LogP contribution in [0.2, 0.25) is 0 Å². The normalized spacial score (nSPS) is 11.0. The molecule has 0 spiro atoms. The molecule has 0 aliphatic heterocycles. The molecule has 0 saturated carbocycles. The van der Waals surface area contributed by atoms with Crippen LogP contribution in [0.15, 0.2) is 61.1 Å². The molecule has 130 valence electrons. The molecule has 1 aromatic carbocycles. The van der Waals surface area contributed by atoms with Crippen molar-refractivity contribution in [3.05, 3.63) is 89.1 Å². The van der Waals surface area contributed by atoms with Crippen molar-refractivity contribution in [2.75, 3.05) is 5.32 Å². The summed E-state index contributed by atoms with van der Waals surface area (Å²) in [5, 5.41) is 4.16. The number of hydrogen-bond acceptors (Lipinski definition) is 3. The minimum atomic E-state index is -0.327. The summed E-state index contributed by atoms with van der Waals surface area (Å²) in [5.74, 6) is 0.510. The summed E-state index contributed by atoms with van der Waals surface area (Å²) < 4.78 is 13.4. The Balaban J connectivity index is 1.45. The number of nitrogens with one attached hydrogen (secondary N) is 2. The molecule has 5 heteroatoms. The second-order valence-corrected chi connectivity index (χ2v) is 6.37. The number of aryl methyl sites for hydroxylation is 1. The Morgan fingerprint density at radius 3 is 2.73 bits per heavy atom. The van der Waals surface area contributed by atoms with Crippen molar-refractivity contribution in [1.82, 2.24) is 15.0 Å². The van der Waals surface area contributed by atoms with E-state index in [1.807, 2.05) is 36.7 Å². The number of benzene rings is 1. The number of rotatable bonds is 5. The summed E-state index contributed by atoms with van der Waals surface area (Å²) >= 11 is 0. The van der Waals surface area contributed by atoms with Gasteiger partial charge in [0.05, 0.1) is 6.20 Å². The van der Waals surface area contributed by atoms with Crippen molar-refractivity contribution in [3.63, 3.8) is 0 Å². The Bertz CT molecular complexity index is 1040. The van der Waals surface area contributed by atoms with Gasteiger partial charge in [0.15, 0.2) is 0 Å². The average Bonchev–Trinajstić information content (AvgIpc) is 3.04. The summed E-state index contributed by atoms with van der Waals surface area (Å²) in [5.41, 5.74) is 5.29. The SMILES string of the molecule is Cc1ccccc1CNc1ccc(Cc2c[nH]c3ncc(F)cc23)cn1. The van der Waals surface area contributed by atoms with Crippen molar-refractivity contribution in [1.29, 1.82) is 0 Å². The number of aromatic nitrogens is 3. The lowest BCUT2D eigenvalue weighted by Gasteiger charge is -2.09. The van der Waals surface area contributed by atoms with Crippen LogP contribution in [0.4, 0.5) is 10.2 Å². The van der Waals surface area contributed by atoms with Crippen LogP contribution in [0, 0.1) is 12.7 Å². The van der Waals surface area contributed by atoms with Crippen LogP contribution < -0.4 is 5.32 Å². The molecule has 3 heterocycles. The van der Waals surface area contributed by atoms with Gasteiger partial charge in [-0.1, -0.05) is 30.3 Å². The number of halogens is 1. The van der Waals surface area contributed by atoms with Crippen LogP contribution in [-0.2, 0) is 13.0 Å². The highest BCUT2D eigenvalue weighted by atomic mass is 19.1. The Hall–Kier alpha value is -3.21. The molecule has 4 nitrogen and oxygen atoms in total. The van der Waals surface area contributed by atoms with E-state index in [9.17, 15) is 4.39 Å². The lowest BCUT2D eigenvalue weighted by atomic mass is 10.1. The van der Waals surface area contributed by atoms with E-state index < -0.39 is 0 Å². The monoisotopic (exact) mass is 346 g/mol. The van der Waals surface area contributed by atoms with E-state index in [0.717, 1.165) is 28.9 Å². The van der Waals surface area contributed by atoms with Crippen molar-refractivity contribution in [2.24, 2.45) is 0 Å². The number of nitrogens with zero attached hydrogens (tertiary/aromatic N) is 2. The first kappa shape index (κ1) is 16.3. The molecule has 4 rings (SSSR count). The summed E-state index contributed by atoms with van der Waals surface area (Å²) in [7, 11) is 0. The van der Waals surface area contributed by atoms with Crippen molar-refractivity contribution in [3.8, 4) is 0 Å². The van der Waals surface area contributed by atoms with Crippen LogP contribution in [0.1, 0.15) is 22.3 Å². The van der Waals surface area contributed by atoms with Gasteiger partial charge in [0.2, 0.25) is 0 Å². The van der Waals surface area contributed by atoms with Gasteiger partial charge in [-0.15, -0.1) is 0 Å². The van der Waals surface area contributed by atoms with E-state index in [2.05, 4.69) is 39.3 Å². The van der Waals surface area contributed by atoms with Gasteiger partial charge in [0, 0.05) is 30.7 Å². The first-order chi connectivity index (χ1) is 12.7. The molecule has 3 aromatic heterocycles. The molecule has 0 aliphatic carbocycles. The molecule has 0 aliphatic rings. The van der Waals surface area contributed by atoms with Gasteiger partial charge in [-0.25, -0.2) is 14.4 Å². The quantitative estimate of drug-likeness (QED) is 0.555. The molecular formula is C21H19FN4. The second kappa shape index (κ2) is 6.96. The number of fused-ring (bicyclic) bond motifs is 1. The van der Waals surface area contributed by atoms with E-state index in [-0.39, 0.29) is 5.82 Å². The Morgan fingerprint density at radius 2 is 1.92 bits per heavy atom. The molecule has 2 N–H and O–H groups in total. The third-order valence-electron chi connectivity index (χ3n) is 4.52. The maximum Gasteiger partial charge on any atom is 0.142 e. The maximum atomic E-state index is 13.4. The van der Waals surface area contributed by atoms with E-state index >= 15 is 0 Å². The first-order valence-electron chi connectivity index (χ1n) is 8.54. The predicted octanol–water partition coefficient (Wildman–Crippen LogP) is 4.61. The number of anilines is 1. The van der Waals surface area contributed by atoms with Gasteiger partial charge in [-0.3, -0.25) is 0 Å². The maximum absolute atomic E-state index is 13.4. The van der Waals surface area contributed by atoms with Gasteiger partial charge >= 0.3 is 0 Å². The minimum Gasteiger partial charge on any atom is -0.366 e. The summed E-state index contributed by atoms with van der Waals surface area (Å²) in [4.78, 5) is 11.6. The smallest absolute Gasteiger partial charge is 0.142 e. The zero-order valence-corrected chi connectivity index (χ0v) is 14.5. The largest absolute Gasteiger partial charge is 0.366 e. The molecular weight excluding hydrogens is 327 g/mol. The fraction of sp³-hybridized carbons (Fsp3) is 0.143. The van der Waals surface area contributed by atoms with Gasteiger partial charge in [0.1, 0.15) is 17.3 Å². The lowest BCUT2D eigenvalue weighted by molar-refractivity contribution is 0.624. The van der Waals surface area contributed by atoms with Crippen LogP contribution in [-0.4, -0.2) is 15.0 Å². The molecule has 0 amide bonds. The van der Waals surface area contributed by atoms with Crippen LogP contribution in [0.25, 0.3) is 11.0 Å². The number of H-pyrrole nitrogens is 1. The summed E-state index contributed by atoms with van der Waals surface area (Å²) in [6, 6.07) is 13.8. The highest BCUT2D eigenvalue weighted by molar-refractivity contribution is 5.80. The molecule has 0 fully saturated rings. The number of pyridine rings is 2. The standard InChI is InChI=1S/C21H19FN4/c1-14-4-2-3-5-16(14)11-24-20-7-6-15(10-23-20)8-17-12-25-21-19(17)9-18(22)13-26-21/h2-7,9-10,12-13H,8,11H2,1H3,(H,23,24)(H,25,26). The summed E-state index contributed by atoms with van der Waals surface area (Å²) in [6.07, 6.45) is 5.63.